The average molecular weight is 261 g/mol. The van der Waals surface area contributed by atoms with Crippen LogP contribution in [0.25, 0.3) is 0 Å². The minimum Gasteiger partial charge on any atom is -0.277 e. The van der Waals surface area contributed by atoms with Gasteiger partial charge in [0.05, 0.1) is 20.6 Å². The molecule has 0 aliphatic carbocycles. The lowest BCUT2D eigenvalue weighted by Crippen LogP contribution is -2.30. The number of carbonyl (C=O) groups is 2. The van der Waals surface area contributed by atoms with Gasteiger partial charge in [0.15, 0.2) is 0 Å². The molecule has 1 fully saturated rings. The number of imide groups is 1. The van der Waals surface area contributed by atoms with Crippen LogP contribution in [-0.2, 0) is 9.59 Å². The van der Waals surface area contributed by atoms with Gasteiger partial charge in [0.1, 0.15) is 0 Å². The Kier molecular flexibility index (Phi) is 2.29. The molecule has 3 aliphatic rings. The summed E-state index contributed by atoms with van der Waals surface area (Å²) in [5.41, 5.74) is 0. The third-order valence-corrected chi connectivity index (χ3v) is 6.18. The molecular weight excluding hydrogens is 254 g/mol. The molecule has 0 aromatic rings. The van der Waals surface area contributed by atoms with Gasteiger partial charge in [-0.1, -0.05) is 23.5 Å². The molecule has 2 unspecified atom stereocenters. The summed E-state index contributed by atoms with van der Waals surface area (Å²) in [5, 5.41) is 0.309. The second kappa shape index (κ2) is 3.42. The highest BCUT2D eigenvalue weighted by molar-refractivity contribution is 8.13. The largest absolute Gasteiger partial charge is 0.277 e. The van der Waals surface area contributed by atoms with Gasteiger partial charge in [0.25, 0.3) is 11.8 Å². The van der Waals surface area contributed by atoms with E-state index < -0.39 is 0 Å². The molecule has 80 valence electrons. The van der Waals surface area contributed by atoms with Crippen LogP contribution in [0.5, 0.6) is 0 Å². The Morgan fingerprint density at radius 1 is 1.07 bits per heavy atom. The van der Waals surface area contributed by atoms with E-state index in [1.807, 2.05) is 0 Å². The number of amides is 2. The van der Waals surface area contributed by atoms with Crippen molar-refractivity contribution in [3.63, 3.8) is 0 Å². The predicted octanol–water partition coefficient (Wildman–Crippen LogP) is 0.0848. The minimum absolute atomic E-state index is 0.155. The zero-order valence-corrected chi connectivity index (χ0v) is 10.1. The molecule has 0 aromatic heterocycles. The molecule has 0 radical (unpaired) electrons. The van der Waals surface area contributed by atoms with Crippen molar-refractivity contribution in [3.8, 4) is 0 Å². The van der Waals surface area contributed by atoms with Gasteiger partial charge in [-0.05, 0) is 0 Å². The lowest BCUT2D eigenvalue weighted by molar-refractivity contribution is -0.135. The van der Waals surface area contributed by atoms with Crippen LogP contribution in [0.15, 0.2) is 9.81 Å². The Morgan fingerprint density at radius 2 is 1.53 bits per heavy atom. The fourth-order valence-electron chi connectivity index (χ4n) is 1.50. The van der Waals surface area contributed by atoms with E-state index in [1.165, 1.54) is 47.6 Å². The molecule has 3 rings (SSSR count). The zero-order chi connectivity index (χ0) is 10.6. The van der Waals surface area contributed by atoms with Gasteiger partial charge in [-0.2, -0.15) is 0 Å². The molecule has 3 heterocycles. The molecule has 2 N–H and O–H groups in total. The van der Waals surface area contributed by atoms with E-state index in [-0.39, 0.29) is 22.6 Å². The highest BCUT2D eigenvalue weighted by atomic mass is 32.2. The highest BCUT2D eigenvalue weighted by Gasteiger charge is 2.46. The molecule has 5 nitrogen and oxygen atoms in total. The summed E-state index contributed by atoms with van der Waals surface area (Å²) < 4.78 is 6.31. The van der Waals surface area contributed by atoms with Crippen LogP contribution in [0.1, 0.15) is 0 Å². The smallest absolute Gasteiger partial charge is 0.268 e. The van der Waals surface area contributed by atoms with Crippen molar-refractivity contribution in [1.29, 1.82) is 0 Å². The van der Waals surface area contributed by atoms with Gasteiger partial charge in [-0.15, -0.1) is 0 Å². The van der Waals surface area contributed by atoms with E-state index in [0.29, 0.717) is 9.81 Å². The molecule has 2 amide bonds. The number of fused-ring (bicyclic) bond motifs is 1. The van der Waals surface area contributed by atoms with E-state index in [0.717, 1.165) is 0 Å². The molecule has 15 heavy (non-hydrogen) atoms. The fraction of sp³-hybridized carbons (Fsp3) is 0.429. The van der Waals surface area contributed by atoms with E-state index in [1.54, 1.807) is 0 Å². The number of rotatable bonds is 0. The number of likely N-dealkylation sites (N-methyl/N-ethyl adjacent to an activating group) is 1. The second-order valence-electron chi connectivity index (χ2n) is 3.24. The monoisotopic (exact) mass is 261 g/mol. The van der Waals surface area contributed by atoms with E-state index in [2.05, 4.69) is 9.44 Å². The van der Waals surface area contributed by atoms with Crippen molar-refractivity contribution in [1.82, 2.24) is 14.3 Å². The Labute approximate surface area is 99.0 Å². The van der Waals surface area contributed by atoms with Crippen LogP contribution in [-0.4, -0.2) is 34.5 Å². The SMILES string of the molecule is CN1C(=O)C2=C(SC3NSNC3S2)C1=O. The molecule has 0 aromatic carbocycles. The van der Waals surface area contributed by atoms with Crippen molar-refractivity contribution in [2.75, 3.05) is 7.05 Å². The lowest BCUT2D eigenvalue weighted by atomic mass is 10.5. The Morgan fingerprint density at radius 3 is 2.00 bits per heavy atom. The maximum Gasteiger partial charge on any atom is 0.268 e. The van der Waals surface area contributed by atoms with Gasteiger partial charge in [0.2, 0.25) is 0 Å². The van der Waals surface area contributed by atoms with Crippen molar-refractivity contribution >= 4 is 47.5 Å². The number of nitrogens with zero attached hydrogens (tertiary/aromatic N) is 1. The fourth-order valence-corrected chi connectivity index (χ4v) is 5.29. The van der Waals surface area contributed by atoms with E-state index >= 15 is 0 Å². The Hall–Kier alpha value is -0.150. The van der Waals surface area contributed by atoms with Crippen molar-refractivity contribution in [3.05, 3.63) is 9.81 Å². The maximum atomic E-state index is 11.7. The first-order valence-corrected chi connectivity index (χ1v) is 6.83. The second-order valence-corrected chi connectivity index (χ2v) is 6.22. The first-order valence-electron chi connectivity index (χ1n) is 4.25. The number of hydrogen-bond acceptors (Lipinski definition) is 7. The summed E-state index contributed by atoms with van der Waals surface area (Å²) in [6, 6.07) is 0. The van der Waals surface area contributed by atoms with Crippen LogP contribution < -0.4 is 9.44 Å². The summed E-state index contributed by atoms with van der Waals surface area (Å²) in [6.45, 7) is 0. The number of carbonyl (C=O) groups excluding carboxylic acids is 2. The Bertz CT molecular complexity index is 363. The Balaban J connectivity index is 1.97. The molecule has 0 bridgehead atoms. The van der Waals surface area contributed by atoms with Crippen molar-refractivity contribution in [2.45, 2.75) is 10.7 Å². The average Bonchev–Trinajstić information content (AvgIpc) is 2.77. The molecular formula is C7H7N3O2S3. The lowest BCUT2D eigenvalue weighted by Gasteiger charge is -2.21. The van der Waals surface area contributed by atoms with Gasteiger partial charge in [0, 0.05) is 19.2 Å². The number of hydrogen-bond donors (Lipinski definition) is 2. The number of thioether (sulfide) groups is 2. The normalized spacial score (nSPS) is 34.9. The highest BCUT2D eigenvalue weighted by Crippen LogP contribution is 2.47. The molecule has 0 saturated carbocycles. The van der Waals surface area contributed by atoms with Crippen LogP contribution in [0.3, 0.4) is 0 Å². The first-order chi connectivity index (χ1) is 7.18. The van der Waals surface area contributed by atoms with E-state index in [4.69, 9.17) is 0 Å². The first kappa shape index (κ1) is 10.0. The van der Waals surface area contributed by atoms with Crippen LogP contribution in [0.4, 0.5) is 0 Å². The maximum absolute atomic E-state index is 11.7. The summed E-state index contributed by atoms with van der Waals surface area (Å²) in [5.74, 6) is -0.352. The molecule has 2 atom stereocenters. The number of nitrogens with one attached hydrogen (secondary N) is 2. The van der Waals surface area contributed by atoms with Crippen molar-refractivity contribution < 1.29 is 9.59 Å². The quantitative estimate of drug-likeness (QED) is 0.473. The summed E-state index contributed by atoms with van der Waals surface area (Å²) in [4.78, 5) is 25.7. The van der Waals surface area contributed by atoms with Crippen molar-refractivity contribution in [2.24, 2.45) is 0 Å². The summed E-state index contributed by atoms with van der Waals surface area (Å²) in [6.07, 6.45) is 0. The van der Waals surface area contributed by atoms with Gasteiger partial charge in [-0.3, -0.25) is 14.5 Å². The molecule has 1 saturated heterocycles. The molecule has 0 spiro atoms. The van der Waals surface area contributed by atoms with Crippen LogP contribution in [0, 0.1) is 0 Å². The van der Waals surface area contributed by atoms with Crippen LogP contribution in [0.2, 0.25) is 0 Å². The van der Waals surface area contributed by atoms with Crippen LogP contribution >= 0.6 is 35.7 Å². The topological polar surface area (TPSA) is 61.4 Å². The predicted molar refractivity (Wildman–Crippen MR) is 61.4 cm³/mol. The van der Waals surface area contributed by atoms with Gasteiger partial charge < -0.3 is 0 Å². The minimum atomic E-state index is -0.176. The van der Waals surface area contributed by atoms with E-state index in [9.17, 15) is 9.59 Å². The third kappa shape index (κ3) is 1.36. The zero-order valence-electron chi connectivity index (χ0n) is 7.64. The standard InChI is InChI=1S/C7H7N3O2S3/c1-10-6(11)2-3(7(10)12)14-5-4(13-2)8-15-9-5/h4-5,8-9H,1H3. The molecule has 3 aliphatic heterocycles. The summed E-state index contributed by atoms with van der Waals surface area (Å²) >= 11 is 4.30. The van der Waals surface area contributed by atoms with Gasteiger partial charge >= 0.3 is 0 Å². The van der Waals surface area contributed by atoms with Gasteiger partial charge in [-0.25, -0.2) is 9.44 Å². The summed E-state index contributed by atoms with van der Waals surface area (Å²) in [7, 11) is 1.52. The molecule has 8 heteroatoms. The third-order valence-electron chi connectivity index (χ3n) is 2.32.